The highest BCUT2D eigenvalue weighted by atomic mass is 16.5. The molecule has 0 saturated heterocycles. The Kier molecular flexibility index (Phi) is 9.50. The lowest BCUT2D eigenvalue weighted by atomic mass is 10.0. The molecule has 2 heteroatoms. The zero-order chi connectivity index (χ0) is 13.1. The molecule has 0 aromatic carbocycles. The van der Waals surface area contributed by atoms with Gasteiger partial charge in [-0.2, -0.15) is 0 Å². The molecular formula is C15H26O2. The average Bonchev–Trinajstić information content (AvgIpc) is 2.28. The highest BCUT2D eigenvalue weighted by molar-refractivity contribution is 5.66. The van der Waals surface area contributed by atoms with Crippen molar-refractivity contribution in [1.82, 2.24) is 0 Å². The van der Waals surface area contributed by atoms with Gasteiger partial charge in [0.1, 0.15) is 6.61 Å². The van der Waals surface area contributed by atoms with Crippen molar-refractivity contribution in [3.05, 3.63) is 23.3 Å². The molecule has 0 radical (unpaired) electrons. The summed E-state index contributed by atoms with van der Waals surface area (Å²) in [7, 11) is 0. The fraction of sp³-hybridized carbons (Fsp3) is 0.667. The van der Waals surface area contributed by atoms with E-state index in [0.29, 0.717) is 6.61 Å². The van der Waals surface area contributed by atoms with E-state index < -0.39 is 0 Å². The van der Waals surface area contributed by atoms with Gasteiger partial charge in [-0.1, -0.05) is 37.5 Å². The number of rotatable bonds is 8. The summed E-state index contributed by atoms with van der Waals surface area (Å²) in [6.45, 7) is 8.38. The van der Waals surface area contributed by atoms with Gasteiger partial charge in [-0.05, 0) is 38.7 Å². The molecule has 0 aliphatic rings. The van der Waals surface area contributed by atoms with Crippen molar-refractivity contribution >= 4 is 5.97 Å². The molecule has 0 aliphatic heterocycles. The number of esters is 1. The Morgan fingerprint density at radius 1 is 1.12 bits per heavy atom. The van der Waals surface area contributed by atoms with Crippen LogP contribution in [0.5, 0.6) is 0 Å². The van der Waals surface area contributed by atoms with Crippen molar-refractivity contribution in [2.75, 3.05) is 6.61 Å². The highest BCUT2D eigenvalue weighted by Gasteiger charge is 1.97. The maximum atomic E-state index is 10.7. The first-order valence-corrected chi connectivity index (χ1v) is 6.57. The number of hydrogen-bond acceptors (Lipinski definition) is 2. The summed E-state index contributed by atoms with van der Waals surface area (Å²) in [6.07, 6.45) is 9.89. The number of carbonyl (C=O) groups excluding carboxylic acids is 1. The van der Waals surface area contributed by atoms with Crippen molar-refractivity contribution < 1.29 is 9.53 Å². The quantitative estimate of drug-likeness (QED) is 0.462. The number of ether oxygens (including phenoxy) is 1. The summed E-state index contributed by atoms with van der Waals surface area (Å²) < 4.78 is 4.94. The molecule has 0 unspecified atom stereocenters. The van der Waals surface area contributed by atoms with Crippen molar-refractivity contribution in [1.29, 1.82) is 0 Å². The Morgan fingerprint density at radius 3 is 2.35 bits per heavy atom. The lowest BCUT2D eigenvalue weighted by Gasteiger charge is -2.05. The van der Waals surface area contributed by atoms with Crippen LogP contribution in [-0.2, 0) is 9.53 Å². The van der Waals surface area contributed by atoms with E-state index in [1.165, 1.54) is 18.1 Å². The van der Waals surface area contributed by atoms with E-state index in [4.69, 9.17) is 4.74 Å². The molecular weight excluding hydrogens is 212 g/mol. The van der Waals surface area contributed by atoms with Crippen LogP contribution < -0.4 is 0 Å². The molecule has 2 nitrogen and oxygen atoms in total. The van der Waals surface area contributed by atoms with Gasteiger partial charge in [-0.25, -0.2) is 0 Å². The summed E-state index contributed by atoms with van der Waals surface area (Å²) in [5.74, 6) is -0.209. The molecule has 0 fully saturated rings. The van der Waals surface area contributed by atoms with Gasteiger partial charge in [0.2, 0.25) is 0 Å². The number of allylic oxidation sites excluding steroid dienone is 3. The van der Waals surface area contributed by atoms with Crippen LogP contribution in [0.2, 0.25) is 0 Å². The first-order valence-electron chi connectivity index (χ1n) is 6.57. The van der Waals surface area contributed by atoms with E-state index in [1.54, 1.807) is 0 Å². The van der Waals surface area contributed by atoms with Gasteiger partial charge in [-0.15, -0.1) is 0 Å². The predicted octanol–water partition coefficient (Wildman–Crippen LogP) is 4.41. The molecule has 98 valence electrons. The average molecular weight is 238 g/mol. The molecule has 0 bridgehead atoms. The molecule has 0 aromatic rings. The molecule has 0 heterocycles. The standard InChI is InChI=1S/C15H26O2/c1-5-8-15(11-12-17-14(4)16)10-7-9-13(3)6-2/h9,11H,5-8,10,12H2,1-4H3. The van der Waals surface area contributed by atoms with E-state index in [0.717, 1.165) is 32.1 Å². The van der Waals surface area contributed by atoms with E-state index in [9.17, 15) is 4.79 Å². The SMILES string of the molecule is CCCC(=CCOC(C)=O)CCC=C(C)CC. The van der Waals surface area contributed by atoms with E-state index in [2.05, 4.69) is 32.9 Å². The van der Waals surface area contributed by atoms with E-state index in [1.807, 2.05) is 0 Å². The van der Waals surface area contributed by atoms with Crippen LogP contribution in [-0.4, -0.2) is 12.6 Å². The van der Waals surface area contributed by atoms with Crippen LogP contribution in [0.1, 0.15) is 59.8 Å². The van der Waals surface area contributed by atoms with Gasteiger partial charge in [0, 0.05) is 6.92 Å². The van der Waals surface area contributed by atoms with Crippen LogP contribution in [0, 0.1) is 0 Å². The zero-order valence-corrected chi connectivity index (χ0v) is 11.7. The smallest absolute Gasteiger partial charge is 0.302 e. The summed E-state index contributed by atoms with van der Waals surface area (Å²) in [5.41, 5.74) is 2.84. The topological polar surface area (TPSA) is 26.3 Å². The van der Waals surface area contributed by atoms with Gasteiger partial charge in [0.05, 0.1) is 0 Å². The summed E-state index contributed by atoms with van der Waals surface area (Å²) in [4.78, 5) is 10.7. The van der Waals surface area contributed by atoms with Crippen LogP contribution in [0.25, 0.3) is 0 Å². The van der Waals surface area contributed by atoms with Crippen LogP contribution in [0.4, 0.5) is 0 Å². The lowest BCUT2D eigenvalue weighted by Crippen LogP contribution is -1.99. The third kappa shape index (κ3) is 9.86. The molecule has 0 aliphatic carbocycles. The van der Waals surface area contributed by atoms with E-state index in [-0.39, 0.29) is 5.97 Å². The van der Waals surface area contributed by atoms with Gasteiger partial charge < -0.3 is 4.74 Å². The molecule has 0 saturated carbocycles. The lowest BCUT2D eigenvalue weighted by molar-refractivity contribution is -0.139. The van der Waals surface area contributed by atoms with Crippen LogP contribution in [0.3, 0.4) is 0 Å². The molecule has 0 aromatic heterocycles. The minimum Gasteiger partial charge on any atom is -0.462 e. The molecule has 0 N–H and O–H groups in total. The second kappa shape index (κ2) is 10.1. The Labute approximate surface area is 106 Å². The second-order valence-electron chi connectivity index (χ2n) is 4.36. The van der Waals surface area contributed by atoms with Crippen LogP contribution >= 0.6 is 0 Å². The van der Waals surface area contributed by atoms with Gasteiger partial charge in [0.15, 0.2) is 0 Å². The highest BCUT2D eigenvalue weighted by Crippen LogP contribution is 2.14. The normalized spacial score (nSPS) is 12.7. The molecule has 17 heavy (non-hydrogen) atoms. The Morgan fingerprint density at radius 2 is 1.82 bits per heavy atom. The minimum absolute atomic E-state index is 0.209. The molecule has 0 amide bonds. The Bertz CT molecular complexity index is 275. The molecule has 0 rings (SSSR count). The summed E-state index contributed by atoms with van der Waals surface area (Å²) >= 11 is 0. The Hall–Kier alpha value is -1.05. The fourth-order valence-corrected chi connectivity index (χ4v) is 1.58. The van der Waals surface area contributed by atoms with Crippen molar-refractivity contribution in [2.24, 2.45) is 0 Å². The van der Waals surface area contributed by atoms with Crippen molar-refractivity contribution in [3.8, 4) is 0 Å². The largest absolute Gasteiger partial charge is 0.462 e. The molecule has 0 atom stereocenters. The third-order valence-electron chi connectivity index (χ3n) is 2.75. The summed E-state index contributed by atoms with van der Waals surface area (Å²) in [5, 5.41) is 0. The summed E-state index contributed by atoms with van der Waals surface area (Å²) in [6, 6.07) is 0. The molecule has 0 spiro atoms. The number of hydrogen-bond donors (Lipinski definition) is 0. The number of carbonyl (C=O) groups is 1. The predicted molar refractivity (Wildman–Crippen MR) is 72.9 cm³/mol. The monoisotopic (exact) mass is 238 g/mol. The third-order valence-corrected chi connectivity index (χ3v) is 2.75. The van der Waals surface area contributed by atoms with Crippen molar-refractivity contribution in [3.63, 3.8) is 0 Å². The van der Waals surface area contributed by atoms with Gasteiger partial charge >= 0.3 is 5.97 Å². The maximum Gasteiger partial charge on any atom is 0.302 e. The van der Waals surface area contributed by atoms with Crippen molar-refractivity contribution in [2.45, 2.75) is 59.8 Å². The van der Waals surface area contributed by atoms with Gasteiger partial charge in [-0.3, -0.25) is 4.79 Å². The maximum absolute atomic E-state index is 10.7. The van der Waals surface area contributed by atoms with Gasteiger partial charge in [0.25, 0.3) is 0 Å². The zero-order valence-electron chi connectivity index (χ0n) is 11.7. The van der Waals surface area contributed by atoms with Crippen LogP contribution in [0.15, 0.2) is 23.3 Å². The first kappa shape index (κ1) is 16.0. The fourth-order valence-electron chi connectivity index (χ4n) is 1.58. The van der Waals surface area contributed by atoms with E-state index >= 15 is 0 Å². The first-order chi connectivity index (χ1) is 8.10. The Balaban J connectivity index is 4.09. The minimum atomic E-state index is -0.209. The second-order valence-corrected chi connectivity index (χ2v) is 4.36.